The van der Waals surface area contributed by atoms with E-state index in [-0.39, 0.29) is 5.95 Å². The molecular weight excluding hydrogens is 348 g/mol. The van der Waals surface area contributed by atoms with E-state index in [0.717, 1.165) is 33.8 Å². The van der Waals surface area contributed by atoms with Crippen LogP contribution >= 0.6 is 0 Å². The predicted octanol–water partition coefficient (Wildman–Crippen LogP) is 2.95. The molecule has 0 saturated heterocycles. The summed E-state index contributed by atoms with van der Waals surface area (Å²) in [5.74, 6) is 0.660. The molecular formula is C22H28N6. The quantitative estimate of drug-likeness (QED) is 0.688. The third-order valence-electron chi connectivity index (χ3n) is 4.80. The van der Waals surface area contributed by atoms with Gasteiger partial charge in [0.25, 0.3) is 0 Å². The first-order valence-electron chi connectivity index (χ1n) is 9.26. The van der Waals surface area contributed by atoms with E-state index >= 15 is 0 Å². The lowest BCUT2D eigenvalue weighted by Crippen LogP contribution is -2.11. The number of benzene rings is 2. The number of aromatic nitrogens is 2. The molecule has 4 N–H and O–H groups in total. The van der Waals surface area contributed by atoms with Crippen LogP contribution in [0, 0.1) is 0 Å². The van der Waals surface area contributed by atoms with E-state index in [4.69, 9.17) is 11.5 Å². The van der Waals surface area contributed by atoms with Gasteiger partial charge in [0.05, 0.1) is 5.69 Å². The van der Waals surface area contributed by atoms with Gasteiger partial charge >= 0.3 is 0 Å². The van der Waals surface area contributed by atoms with Crippen molar-refractivity contribution in [1.29, 1.82) is 0 Å². The van der Waals surface area contributed by atoms with Gasteiger partial charge in [-0.3, -0.25) is 0 Å². The van der Waals surface area contributed by atoms with Crippen molar-refractivity contribution < 1.29 is 0 Å². The largest absolute Gasteiger partial charge is 0.383 e. The Balaban J connectivity index is 1.88. The molecule has 0 spiro atoms. The van der Waals surface area contributed by atoms with Gasteiger partial charge in [0.15, 0.2) is 0 Å². The molecule has 0 bridgehead atoms. The van der Waals surface area contributed by atoms with Crippen LogP contribution in [0.3, 0.4) is 0 Å². The van der Waals surface area contributed by atoms with Gasteiger partial charge in [0, 0.05) is 58.0 Å². The van der Waals surface area contributed by atoms with Crippen molar-refractivity contribution in [3.05, 3.63) is 70.9 Å². The van der Waals surface area contributed by atoms with E-state index in [0.29, 0.717) is 18.7 Å². The highest BCUT2D eigenvalue weighted by Gasteiger charge is 2.13. The fourth-order valence-electron chi connectivity index (χ4n) is 3.13. The van der Waals surface area contributed by atoms with E-state index in [1.54, 1.807) is 0 Å². The Morgan fingerprint density at radius 2 is 1.14 bits per heavy atom. The minimum atomic E-state index is 0.212. The summed E-state index contributed by atoms with van der Waals surface area (Å²) in [5, 5.41) is 0. The molecule has 1 heterocycles. The first-order valence-corrected chi connectivity index (χ1v) is 9.26. The highest BCUT2D eigenvalue weighted by atomic mass is 15.1. The number of rotatable bonds is 6. The monoisotopic (exact) mass is 376 g/mol. The molecule has 28 heavy (non-hydrogen) atoms. The highest BCUT2D eigenvalue weighted by molar-refractivity contribution is 5.52. The maximum Gasteiger partial charge on any atom is 0.222 e. The van der Waals surface area contributed by atoms with Gasteiger partial charge in [0.2, 0.25) is 5.95 Å². The van der Waals surface area contributed by atoms with Crippen LogP contribution in [0.2, 0.25) is 0 Å². The molecule has 1 aromatic heterocycles. The Labute approximate surface area is 166 Å². The Morgan fingerprint density at radius 1 is 0.679 bits per heavy atom. The van der Waals surface area contributed by atoms with E-state index in [9.17, 15) is 0 Å². The predicted molar refractivity (Wildman–Crippen MR) is 118 cm³/mol. The third kappa shape index (κ3) is 4.52. The molecule has 0 saturated carbocycles. The molecule has 0 aliphatic heterocycles. The van der Waals surface area contributed by atoms with Crippen LogP contribution in [0.15, 0.2) is 48.5 Å². The first kappa shape index (κ1) is 19.5. The van der Waals surface area contributed by atoms with Crippen molar-refractivity contribution in [1.82, 2.24) is 9.97 Å². The summed E-state index contributed by atoms with van der Waals surface area (Å²) in [6.45, 7) is 0. The molecule has 0 atom stereocenters. The van der Waals surface area contributed by atoms with E-state index < -0.39 is 0 Å². The van der Waals surface area contributed by atoms with E-state index in [2.05, 4.69) is 68.3 Å². The smallest absolute Gasteiger partial charge is 0.222 e. The third-order valence-corrected chi connectivity index (χ3v) is 4.80. The zero-order valence-corrected chi connectivity index (χ0v) is 17.0. The van der Waals surface area contributed by atoms with Crippen molar-refractivity contribution >= 4 is 23.1 Å². The minimum absolute atomic E-state index is 0.212. The van der Waals surface area contributed by atoms with Crippen molar-refractivity contribution in [3.8, 4) is 0 Å². The summed E-state index contributed by atoms with van der Waals surface area (Å²) >= 11 is 0. The molecule has 6 nitrogen and oxygen atoms in total. The lowest BCUT2D eigenvalue weighted by molar-refractivity contribution is 0.979. The van der Waals surface area contributed by atoms with Crippen LogP contribution in [-0.2, 0) is 12.8 Å². The summed E-state index contributed by atoms with van der Waals surface area (Å²) in [6, 6.07) is 16.8. The zero-order chi connectivity index (χ0) is 20.3. The van der Waals surface area contributed by atoms with Crippen LogP contribution in [0.25, 0.3) is 0 Å². The second-order valence-electron chi connectivity index (χ2n) is 7.37. The average Bonchev–Trinajstić information content (AvgIpc) is 2.65. The van der Waals surface area contributed by atoms with Crippen LogP contribution in [0.4, 0.5) is 23.1 Å². The van der Waals surface area contributed by atoms with Gasteiger partial charge in [-0.2, -0.15) is 4.98 Å². The minimum Gasteiger partial charge on any atom is -0.383 e. The standard InChI is InChI=1S/C22H28N6/c1-27(2)17-9-5-15(6-10-17)13-19-20(25-22(24)26-21(19)23)14-16-7-11-18(12-8-16)28(3)4/h5-12H,13-14H2,1-4H3,(H4,23,24,25,26). The Bertz CT molecular complexity index is 930. The fourth-order valence-corrected chi connectivity index (χ4v) is 3.13. The Morgan fingerprint density at radius 3 is 1.61 bits per heavy atom. The first-order chi connectivity index (χ1) is 13.3. The lowest BCUT2D eigenvalue weighted by Gasteiger charge is -2.15. The average molecular weight is 377 g/mol. The Hall–Kier alpha value is -3.28. The molecule has 3 rings (SSSR count). The highest BCUT2D eigenvalue weighted by Crippen LogP contribution is 2.24. The van der Waals surface area contributed by atoms with Crippen LogP contribution in [-0.4, -0.2) is 38.2 Å². The van der Waals surface area contributed by atoms with Crippen LogP contribution in [0.1, 0.15) is 22.4 Å². The molecule has 0 unspecified atom stereocenters. The molecule has 146 valence electrons. The molecule has 0 aliphatic carbocycles. The fraction of sp³-hybridized carbons (Fsp3) is 0.273. The number of nitrogens with zero attached hydrogens (tertiary/aromatic N) is 4. The SMILES string of the molecule is CN(C)c1ccc(Cc2nc(N)nc(N)c2Cc2ccc(N(C)C)cc2)cc1. The van der Waals surface area contributed by atoms with E-state index in [1.807, 2.05) is 28.2 Å². The number of nitrogens with two attached hydrogens (primary N) is 2. The summed E-state index contributed by atoms with van der Waals surface area (Å²) in [5.41, 5.74) is 18.5. The summed E-state index contributed by atoms with van der Waals surface area (Å²) in [6.07, 6.45) is 1.33. The lowest BCUT2D eigenvalue weighted by atomic mass is 9.99. The molecule has 0 aliphatic rings. The van der Waals surface area contributed by atoms with Crippen molar-refractivity contribution in [2.75, 3.05) is 49.5 Å². The van der Waals surface area contributed by atoms with Crippen molar-refractivity contribution in [2.24, 2.45) is 0 Å². The summed E-state index contributed by atoms with van der Waals surface area (Å²) < 4.78 is 0. The number of nitrogen functional groups attached to an aromatic ring is 2. The molecule has 0 radical (unpaired) electrons. The second kappa shape index (κ2) is 8.17. The molecule has 3 aromatic rings. The second-order valence-corrected chi connectivity index (χ2v) is 7.37. The molecule has 0 amide bonds. The van der Waals surface area contributed by atoms with Crippen LogP contribution < -0.4 is 21.3 Å². The van der Waals surface area contributed by atoms with Crippen molar-refractivity contribution in [2.45, 2.75) is 12.8 Å². The van der Waals surface area contributed by atoms with Crippen molar-refractivity contribution in [3.63, 3.8) is 0 Å². The van der Waals surface area contributed by atoms with Gasteiger partial charge in [-0.25, -0.2) is 4.98 Å². The van der Waals surface area contributed by atoms with Gasteiger partial charge in [0.1, 0.15) is 5.82 Å². The summed E-state index contributed by atoms with van der Waals surface area (Å²) in [4.78, 5) is 12.8. The van der Waals surface area contributed by atoms with E-state index in [1.165, 1.54) is 0 Å². The molecule has 2 aromatic carbocycles. The van der Waals surface area contributed by atoms with Gasteiger partial charge in [-0.15, -0.1) is 0 Å². The molecule has 6 heteroatoms. The normalized spacial score (nSPS) is 10.7. The maximum absolute atomic E-state index is 6.22. The number of hydrogen-bond donors (Lipinski definition) is 2. The topological polar surface area (TPSA) is 84.3 Å². The number of hydrogen-bond acceptors (Lipinski definition) is 6. The van der Waals surface area contributed by atoms with Gasteiger partial charge < -0.3 is 21.3 Å². The van der Waals surface area contributed by atoms with Gasteiger partial charge in [-0.05, 0) is 35.4 Å². The van der Waals surface area contributed by atoms with Gasteiger partial charge in [-0.1, -0.05) is 24.3 Å². The summed E-state index contributed by atoms with van der Waals surface area (Å²) in [7, 11) is 8.11. The zero-order valence-electron chi connectivity index (χ0n) is 17.0. The number of anilines is 4. The Kier molecular flexibility index (Phi) is 5.68. The maximum atomic E-state index is 6.22. The molecule has 0 fully saturated rings. The van der Waals surface area contributed by atoms with Crippen LogP contribution in [0.5, 0.6) is 0 Å².